The lowest BCUT2D eigenvalue weighted by Crippen LogP contribution is -2.29. The monoisotopic (exact) mass is 447 g/mol. The fourth-order valence-corrected chi connectivity index (χ4v) is 4.92. The van der Waals surface area contributed by atoms with Crippen molar-refractivity contribution >= 4 is 27.0 Å². The molecule has 0 spiro atoms. The second-order valence-corrected chi connectivity index (χ2v) is 9.52. The summed E-state index contributed by atoms with van der Waals surface area (Å²) in [5.41, 5.74) is 4.07. The van der Waals surface area contributed by atoms with Crippen molar-refractivity contribution < 1.29 is 22.4 Å². The first-order valence-corrected chi connectivity index (χ1v) is 11.7. The summed E-state index contributed by atoms with van der Waals surface area (Å²) < 4.78 is 40.2. The van der Waals surface area contributed by atoms with E-state index in [4.69, 9.17) is 9.15 Å². The summed E-state index contributed by atoms with van der Waals surface area (Å²) in [6.07, 6.45) is 0.577. The van der Waals surface area contributed by atoms with Gasteiger partial charge >= 0.3 is 5.97 Å². The number of aryl methyl sites for hydroxylation is 3. The fourth-order valence-electron chi connectivity index (χ4n) is 3.72. The van der Waals surface area contributed by atoms with Gasteiger partial charge in [-0.05, 0) is 64.8 Å². The Bertz CT molecular complexity index is 1220. The highest BCUT2D eigenvalue weighted by molar-refractivity contribution is 7.89. The van der Waals surface area contributed by atoms with Crippen molar-refractivity contribution in [3.63, 3.8) is 0 Å². The van der Waals surface area contributed by atoms with Crippen LogP contribution in [0.15, 0.2) is 27.5 Å². The molecular formula is C22H29N3O5S. The Balaban J connectivity index is 1.86. The Kier molecular flexibility index (Phi) is 6.56. The number of aromatic nitrogens is 2. The summed E-state index contributed by atoms with van der Waals surface area (Å²) in [6.45, 7) is 10.7. The molecule has 9 heteroatoms. The van der Waals surface area contributed by atoms with Crippen LogP contribution < -0.4 is 0 Å². The zero-order valence-corrected chi connectivity index (χ0v) is 19.7. The van der Waals surface area contributed by atoms with Crippen LogP contribution in [0.4, 0.5) is 0 Å². The molecular weight excluding hydrogens is 418 g/mol. The fraction of sp³-hybridized carbons (Fsp3) is 0.455. The molecule has 0 amide bonds. The minimum absolute atomic E-state index is 0.0960. The number of rotatable bonds is 8. The highest BCUT2D eigenvalue weighted by atomic mass is 32.2. The van der Waals surface area contributed by atoms with Gasteiger partial charge in [-0.15, -0.1) is 0 Å². The number of esters is 1. The van der Waals surface area contributed by atoms with Crippen molar-refractivity contribution in [1.29, 1.82) is 0 Å². The van der Waals surface area contributed by atoms with Crippen LogP contribution in [0.2, 0.25) is 0 Å². The molecule has 0 bridgehead atoms. The second kappa shape index (κ2) is 8.84. The number of ether oxygens (including phenoxy) is 1. The summed E-state index contributed by atoms with van der Waals surface area (Å²) >= 11 is 0. The first-order chi connectivity index (χ1) is 14.6. The molecule has 0 saturated heterocycles. The number of hydrogen-bond acceptors (Lipinski definition) is 6. The lowest BCUT2D eigenvalue weighted by Gasteiger charge is -2.17. The van der Waals surface area contributed by atoms with Gasteiger partial charge in [0.25, 0.3) is 0 Å². The molecule has 0 atom stereocenters. The molecule has 168 valence electrons. The summed E-state index contributed by atoms with van der Waals surface area (Å²) in [6, 6.07) is 4.62. The number of sulfonamides is 1. The van der Waals surface area contributed by atoms with E-state index in [9.17, 15) is 13.2 Å². The molecule has 0 aliphatic rings. The topological polar surface area (TPSA) is 94.6 Å². The predicted molar refractivity (Wildman–Crippen MR) is 118 cm³/mol. The number of carbonyl (C=O) groups is 1. The maximum atomic E-state index is 13.2. The molecule has 3 rings (SSSR count). The van der Waals surface area contributed by atoms with Crippen LogP contribution in [-0.4, -0.2) is 48.7 Å². The maximum Gasteiger partial charge on any atom is 0.374 e. The van der Waals surface area contributed by atoms with E-state index in [1.165, 1.54) is 10.4 Å². The summed E-state index contributed by atoms with van der Waals surface area (Å²) in [4.78, 5) is 12.2. The first kappa shape index (κ1) is 23.0. The number of nitrogens with zero attached hydrogens (tertiary/aromatic N) is 3. The molecule has 1 aromatic carbocycles. The standard InChI is InChI=1S/C22H29N3O5S/c1-7-25-16(5)18(15(4)23-25)11-12-24(6)31(27,28)17-9-10-20-19(13-17)14(3)21(30-20)22(26)29-8-2/h9-10,13H,7-8,11-12H2,1-6H3. The van der Waals surface area contributed by atoms with E-state index in [-0.39, 0.29) is 17.3 Å². The molecule has 31 heavy (non-hydrogen) atoms. The lowest BCUT2D eigenvalue weighted by atomic mass is 10.1. The Morgan fingerprint density at radius 1 is 1.23 bits per heavy atom. The van der Waals surface area contributed by atoms with Gasteiger partial charge in [0.05, 0.1) is 17.2 Å². The molecule has 2 heterocycles. The highest BCUT2D eigenvalue weighted by Crippen LogP contribution is 2.29. The van der Waals surface area contributed by atoms with Gasteiger partial charge in [0.15, 0.2) is 0 Å². The van der Waals surface area contributed by atoms with Crippen LogP contribution in [0.5, 0.6) is 0 Å². The van der Waals surface area contributed by atoms with Crippen molar-refractivity contribution in [2.45, 2.75) is 52.5 Å². The van der Waals surface area contributed by atoms with Crippen LogP contribution in [0.1, 0.15) is 46.9 Å². The van der Waals surface area contributed by atoms with Crippen molar-refractivity contribution in [2.24, 2.45) is 0 Å². The van der Waals surface area contributed by atoms with E-state index in [1.807, 2.05) is 25.5 Å². The summed E-state index contributed by atoms with van der Waals surface area (Å²) in [5.74, 6) is -0.463. The molecule has 3 aromatic rings. The number of hydrogen-bond donors (Lipinski definition) is 0. The first-order valence-electron chi connectivity index (χ1n) is 10.3. The van der Waals surface area contributed by atoms with Crippen molar-refractivity contribution in [3.05, 3.63) is 46.5 Å². The third-order valence-electron chi connectivity index (χ3n) is 5.58. The third kappa shape index (κ3) is 4.24. The van der Waals surface area contributed by atoms with Gasteiger partial charge in [-0.1, -0.05) is 0 Å². The molecule has 0 unspecified atom stereocenters. The van der Waals surface area contributed by atoms with E-state index < -0.39 is 16.0 Å². The Morgan fingerprint density at radius 3 is 2.55 bits per heavy atom. The molecule has 2 aromatic heterocycles. The minimum Gasteiger partial charge on any atom is -0.460 e. The van der Waals surface area contributed by atoms with Crippen LogP contribution in [0.25, 0.3) is 11.0 Å². The molecule has 0 saturated carbocycles. The summed E-state index contributed by atoms with van der Waals surface area (Å²) in [7, 11) is -2.14. The second-order valence-electron chi connectivity index (χ2n) is 7.48. The SMILES string of the molecule is CCOC(=O)c1oc2ccc(S(=O)(=O)N(C)CCc3c(C)nn(CC)c3C)cc2c1C. The van der Waals surface area contributed by atoms with Gasteiger partial charge < -0.3 is 9.15 Å². The van der Waals surface area contributed by atoms with E-state index >= 15 is 0 Å². The number of benzene rings is 1. The molecule has 0 aliphatic heterocycles. The van der Waals surface area contributed by atoms with E-state index in [2.05, 4.69) is 5.10 Å². The number of carbonyl (C=O) groups excluding carboxylic acids is 1. The Labute approximate surface area is 182 Å². The van der Waals surface area contributed by atoms with Gasteiger partial charge in [-0.3, -0.25) is 4.68 Å². The van der Waals surface area contributed by atoms with Crippen LogP contribution in [0.3, 0.4) is 0 Å². The normalized spacial score (nSPS) is 12.1. The van der Waals surface area contributed by atoms with Crippen molar-refractivity contribution in [1.82, 2.24) is 14.1 Å². The average molecular weight is 448 g/mol. The lowest BCUT2D eigenvalue weighted by molar-refractivity contribution is 0.0491. The van der Waals surface area contributed by atoms with E-state index in [0.717, 1.165) is 23.5 Å². The molecule has 0 N–H and O–H groups in total. The van der Waals surface area contributed by atoms with Gasteiger partial charge in [0.1, 0.15) is 5.58 Å². The molecule has 8 nitrogen and oxygen atoms in total. The third-order valence-corrected chi connectivity index (χ3v) is 7.44. The van der Waals surface area contributed by atoms with Crippen LogP contribution in [-0.2, 0) is 27.7 Å². The average Bonchev–Trinajstić information content (AvgIpc) is 3.21. The number of likely N-dealkylation sites (N-methyl/N-ethyl adjacent to an activating group) is 1. The Hall–Kier alpha value is -2.65. The van der Waals surface area contributed by atoms with Crippen molar-refractivity contribution in [2.75, 3.05) is 20.2 Å². The van der Waals surface area contributed by atoms with Crippen LogP contribution in [0, 0.1) is 20.8 Å². The predicted octanol–water partition coefficient (Wildman–Crippen LogP) is 3.61. The maximum absolute atomic E-state index is 13.2. The highest BCUT2D eigenvalue weighted by Gasteiger charge is 2.25. The number of furan rings is 1. The van der Waals surface area contributed by atoms with E-state index in [1.54, 1.807) is 33.0 Å². The molecule has 0 radical (unpaired) electrons. The van der Waals surface area contributed by atoms with Crippen molar-refractivity contribution in [3.8, 4) is 0 Å². The van der Waals surface area contributed by atoms with Gasteiger partial charge in [0, 0.05) is 36.8 Å². The van der Waals surface area contributed by atoms with Gasteiger partial charge in [0.2, 0.25) is 15.8 Å². The zero-order chi connectivity index (χ0) is 22.9. The number of fused-ring (bicyclic) bond motifs is 1. The van der Waals surface area contributed by atoms with E-state index in [0.29, 0.717) is 29.5 Å². The smallest absolute Gasteiger partial charge is 0.374 e. The quantitative estimate of drug-likeness (QED) is 0.490. The largest absolute Gasteiger partial charge is 0.460 e. The van der Waals surface area contributed by atoms with Crippen LogP contribution >= 0.6 is 0 Å². The zero-order valence-electron chi connectivity index (χ0n) is 18.9. The van der Waals surface area contributed by atoms with Gasteiger partial charge in [-0.2, -0.15) is 5.10 Å². The summed E-state index contributed by atoms with van der Waals surface area (Å²) in [5, 5.41) is 5.08. The van der Waals surface area contributed by atoms with Gasteiger partial charge in [-0.25, -0.2) is 17.5 Å². The molecule has 0 aliphatic carbocycles. The molecule has 0 fully saturated rings. The minimum atomic E-state index is -3.71. The Morgan fingerprint density at radius 2 is 1.94 bits per heavy atom.